The van der Waals surface area contributed by atoms with Gasteiger partial charge >= 0.3 is 5.97 Å². The van der Waals surface area contributed by atoms with Gasteiger partial charge in [-0.2, -0.15) is 0 Å². The van der Waals surface area contributed by atoms with E-state index in [4.69, 9.17) is 10.8 Å². The molecule has 3 nitrogen and oxygen atoms in total. The van der Waals surface area contributed by atoms with Gasteiger partial charge in [0.05, 0.1) is 0 Å². The Labute approximate surface area is 58.3 Å². The van der Waals surface area contributed by atoms with Crippen LogP contribution >= 0.6 is 12.6 Å². The van der Waals surface area contributed by atoms with Gasteiger partial charge in [-0.05, 0) is 0 Å². The van der Waals surface area contributed by atoms with Crippen LogP contribution in [0.5, 0.6) is 0 Å². The van der Waals surface area contributed by atoms with Crippen LogP contribution in [-0.2, 0) is 4.79 Å². The second-order valence-electron chi connectivity index (χ2n) is 1.31. The number of thiol groups is 1. The van der Waals surface area contributed by atoms with E-state index >= 15 is 0 Å². The lowest BCUT2D eigenvalue weighted by atomic mass is 10.4. The van der Waals surface area contributed by atoms with E-state index in [1.54, 1.807) is 0 Å². The van der Waals surface area contributed by atoms with E-state index < -0.39 is 5.97 Å². The average Bonchev–Trinajstić information content (AvgIpc) is 1.84. The van der Waals surface area contributed by atoms with Crippen LogP contribution < -0.4 is 5.73 Å². The van der Waals surface area contributed by atoms with Gasteiger partial charge in [0.25, 0.3) is 0 Å². The molecule has 4 heteroatoms. The summed E-state index contributed by atoms with van der Waals surface area (Å²) in [6, 6.07) is 0. The van der Waals surface area contributed by atoms with E-state index in [-0.39, 0.29) is 10.6 Å². The van der Waals surface area contributed by atoms with Gasteiger partial charge < -0.3 is 10.8 Å². The Hall–Kier alpha value is -0.900. The third kappa shape index (κ3) is 2.23. The number of carboxylic acids is 1. The average molecular weight is 145 g/mol. The summed E-state index contributed by atoms with van der Waals surface area (Å²) in [6.45, 7) is 3.29. The molecule has 0 saturated heterocycles. The third-order valence-corrected chi connectivity index (χ3v) is 1.12. The molecule has 0 rings (SSSR count). The van der Waals surface area contributed by atoms with Crippen LogP contribution in [0.2, 0.25) is 0 Å². The molecule has 0 radical (unpaired) electrons. The number of aliphatic carboxylic acids is 1. The Kier molecular flexibility index (Phi) is 2.87. The number of nitrogens with two attached hydrogens (primary N) is 1. The molecule has 0 saturated carbocycles. The van der Waals surface area contributed by atoms with Gasteiger partial charge in [0, 0.05) is 4.91 Å². The first-order valence-electron chi connectivity index (χ1n) is 2.14. The Balaban J connectivity index is 4.47. The highest BCUT2D eigenvalue weighted by Crippen LogP contribution is 2.03. The van der Waals surface area contributed by atoms with Crippen molar-refractivity contribution < 1.29 is 9.90 Å². The van der Waals surface area contributed by atoms with Crippen LogP contribution in [0.3, 0.4) is 0 Å². The Morgan fingerprint density at radius 2 is 2.22 bits per heavy atom. The molecule has 50 valence electrons. The first-order chi connectivity index (χ1) is 4.09. The SMILES string of the molecule is C=CC(S)=C(N)C(=O)O. The van der Waals surface area contributed by atoms with Crippen molar-refractivity contribution in [3.05, 3.63) is 23.3 Å². The number of carboxylic acid groups (broad SMARTS) is 1. The first-order valence-corrected chi connectivity index (χ1v) is 2.58. The van der Waals surface area contributed by atoms with Crippen LogP contribution in [0.25, 0.3) is 0 Å². The van der Waals surface area contributed by atoms with Crippen molar-refractivity contribution in [3.63, 3.8) is 0 Å². The molecule has 0 aliphatic carbocycles. The van der Waals surface area contributed by atoms with E-state index in [9.17, 15) is 4.79 Å². The molecule has 0 atom stereocenters. The van der Waals surface area contributed by atoms with Gasteiger partial charge in [0.15, 0.2) is 0 Å². The molecule has 0 fully saturated rings. The molecule has 9 heavy (non-hydrogen) atoms. The monoisotopic (exact) mass is 145 g/mol. The molecule has 0 aliphatic rings. The molecule has 0 amide bonds. The number of rotatable bonds is 2. The van der Waals surface area contributed by atoms with E-state index in [0.29, 0.717) is 0 Å². The fourth-order valence-electron chi connectivity index (χ4n) is 0.220. The second-order valence-corrected chi connectivity index (χ2v) is 1.79. The maximum atomic E-state index is 10.0. The van der Waals surface area contributed by atoms with Crippen molar-refractivity contribution in [2.75, 3.05) is 0 Å². The molecule has 0 unspecified atom stereocenters. The highest BCUT2D eigenvalue weighted by Gasteiger charge is 2.02. The smallest absolute Gasteiger partial charge is 0.352 e. The zero-order chi connectivity index (χ0) is 7.44. The van der Waals surface area contributed by atoms with Gasteiger partial charge in [-0.25, -0.2) is 4.79 Å². The topological polar surface area (TPSA) is 63.3 Å². The summed E-state index contributed by atoms with van der Waals surface area (Å²) in [7, 11) is 0. The Morgan fingerprint density at radius 3 is 2.33 bits per heavy atom. The summed E-state index contributed by atoms with van der Waals surface area (Å²) in [5.41, 5.74) is 4.72. The standard InChI is InChI=1S/C5H7NO2S/c1-2-3(9)4(6)5(7)8/h2,9H,1,6H2,(H,7,8). The normalized spacial score (nSPS) is 12.1. The molecule has 0 aliphatic heterocycles. The summed E-state index contributed by atoms with van der Waals surface area (Å²) in [5.74, 6) is -1.18. The van der Waals surface area contributed by atoms with Crippen molar-refractivity contribution in [1.82, 2.24) is 0 Å². The van der Waals surface area contributed by atoms with Gasteiger partial charge in [0.1, 0.15) is 5.70 Å². The molecule has 0 aromatic heterocycles. The lowest BCUT2D eigenvalue weighted by Crippen LogP contribution is -2.10. The van der Waals surface area contributed by atoms with Crippen LogP contribution in [0.1, 0.15) is 0 Å². The largest absolute Gasteiger partial charge is 0.477 e. The van der Waals surface area contributed by atoms with Gasteiger partial charge in [-0.3, -0.25) is 0 Å². The van der Waals surface area contributed by atoms with Crippen molar-refractivity contribution >= 4 is 18.6 Å². The number of hydrogen-bond donors (Lipinski definition) is 3. The minimum Gasteiger partial charge on any atom is -0.477 e. The van der Waals surface area contributed by atoms with E-state index in [1.165, 1.54) is 6.08 Å². The molecule has 0 heterocycles. The van der Waals surface area contributed by atoms with Crippen molar-refractivity contribution in [1.29, 1.82) is 0 Å². The lowest BCUT2D eigenvalue weighted by Gasteiger charge is -1.93. The Bertz CT molecular complexity index is 174. The number of allylic oxidation sites excluding steroid dienone is 1. The van der Waals surface area contributed by atoms with Crippen LogP contribution in [-0.4, -0.2) is 11.1 Å². The number of carbonyl (C=O) groups is 1. The quantitative estimate of drug-likeness (QED) is 0.298. The van der Waals surface area contributed by atoms with Crippen molar-refractivity contribution in [2.24, 2.45) is 5.73 Å². The summed E-state index contributed by atoms with van der Waals surface area (Å²) in [4.78, 5) is 10.2. The van der Waals surface area contributed by atoms with E-state index in [1.807, 2.05) is 0 Å². The van der Waals surface area contributed by atoms with E-state index in [2.05, 4.69) is 19.2 Å². The fraction of sp³-hybridized carbons (Fsp3) is 0. The molecule has 3 N–H and O–H groups in total. The fourth-order valence-corrected chi connectivity index (χ4v) is 0.315. The second kappa shape index (κ2) is 3.19. The maximum Gasteiger partial charge on any atom is 0.352 e. The molecule has 0 bridgehead atoms. The zero-order valence-corrected chi connectivity index (χ0v) is 5.56. The maximum absolute atomic E-state index is 10.0. The number of hydrogen-bond acceptors (Lipinski definition) is 3. The first kappa shape index (κ1) is 8.10. The molecule has 0 spiro atoms. The minimum atomic E-state index is -1.18. The minimum absolute atomic E-state index is 0.183. The van der Waals surface area contributed by atoms with Crippen LogP contribution in [0.4, 0.5) is 0 Å². The Morgan fingerprint density at radius 1 is 1.78 bits per heavy atom. The summed E-state index contributed by atoms with van der Waals surface area (Å²) in [6.07, 6.45) is 1.27. The molecular weight excluding hydrogens is 138 g/mol. The van der Waals surface area contributed by atoms with Gasteiger partial charge in [0.2, 0.25) is 0 Å². The summed E-state index contributed by atoms with van der Waals surface area (Å²) < 4.78 is 0. The molecule has 0 aromatic carbocycles. The lowest BCUT2D eigenvalue weighted by molar-refractivity contribution is -0.132. The third-order valence-electron chi connectivity index (χ3n) is 0.700. The molecular formula is C5H7NO2S. The highest BCUT2D eigenvalue weighted by molar-refractivity contribution is 7.84. The predicted molar refractivity (Wildman–Crippen MR) is 38.0 cm³/mol. The van der Waals surface area contributed by atoms with Gasteiger partial charge in [-0.1, -0.05) is 12.7 Å². The summed E-state index contributed by atoms with van der Waals surface area (Å²) in [5, 5.41) is 8.20. The van der Waals surface area contributed by atoms with Crippen LogP contribution in [0.15, 0.2) is 23.3 Å². The van der Waals surface area contributed by atoms with Gasteiger partial charge in [-0.15, -0.1) is 12.6 Å². The predicted octanol–water partition coefficient (Wildman–Crippen LogP) is 0.357. The van der Waals surface area contributed by atoms with Crippen LogP contribution in [0, 0.1) is 0 Å². The zero-order valence-electron chi connectivity index (χ0n) is 4.66. The molecule has 0 aromatic rings. The van der Waals surface area contributed by atoms with Crippen molar-refractivity contribution in [2.45, 2.75) is 0 Å². The highest BCUT2D eigenvalue weighted by atomic mass is 32.1. The van der Waals surface area contributed by atoms with E-state index in [0.717, 1.165) is 0 Å². The van der Waals surface area contributed by atoms with Crippen molar-refractivity contribution in [3.8, 4) is 0 Å². The summed E-state index contributed by atoms with van der Waals surface area (Å²) >= 11 is 3.72.